The molecular weight excluding hydrogens is 268 g/mol. The summed E-state index contributed by atoms with van der Waals surface area (Å²) in [5.41, 5.74) is 1.51. The molecule has 5 heteroatoms. The molecule has 0 aliphatic carbocycles. The molecule has 0 bridgehead atoms. The molecule has 0 radical (unpaired) electrons. The van der Waals surface area contributed by atoms with Gasteiger partial charge in [-0.25, -0.2) is 0 Å². The second-order valence-corrected chi connectivity index (χ2v) is 5.26. The van der Waals surface area contributed by atoms with Crippen molar-refractivity contribution in [1.29, 1.82) is 0 Å². The molecule has 1 amide bonds. The number of benzene rings is 1. The number of carbonyl (C=O) groups excluding carboxylic acids is 1. The largest absolute Gasteiger partial charge is 0.497 e. The smallest absolute Gasteiger partial charge is 0.254 e. The van der Waals surface area contributed by atoms with Gasteiger partial charge >= 0.3 is 0 Å². The molecule has 1 unspecified atom stereocenters. The van der Waals surface area contributed by atoms with Gasteiger partial charge in [0.2, 0.25) is 0 Å². The van der Waals surface area contributed by atoms with Crippen LogP contribution in [0.2, 0.25) is 0 Å². The summed E-state index contributed by atoms with van der Waals surface area (Å²) in [5, 5.41) is 3.92. The molecule has 0 saturated carbocycles. The number of hydrogen-bond donors (Lipinski definition) is 0. The number of carbonyl (C=O) groups is 1. The van der Waals surface area contributed by atoms with E-state index < -0.39 is 0 Å². The summed E-state index contributed by atoms with van der Waals surface area (Å²) >= 11 is 0. The maximum atomic E-state index is 12.7. The number of aromatic nitrogens is 1. The van der Waals surface area contributed by atoms with Gasteiger partial charge in [0.25, 0.3) is 5.91 Å². The number of ether oxygens (including phenoxy) is 1. The van der Waals surface area contributed by atoms with Gasteiger partial charge in [-0.3, -0.25) is 4.79 Å². The van der Waals surface area contributed by atoms with Crippen molar-refractivity contribution in [3.8, 4) is 5.75 Å². The van der Waals surface area contributed by atoms with E-state index in [1.165, 1.54) is 0 Å². The van der Waals surface area contributed by atoms with Crippen LogP contribution in [-0.4, -0.2) is 29.6 Å². The molecule has 0 N–H and O–H groups in total. The topological polar surface area (TPSA) is 55.6 Å². The monoisotopic (exact) mass is 286 g/mol. The van der Waals surface area contributed by atoms with Crippen molar-refractivity contribution < 1.29 is 14.1 Å². The van der Waals surface area contributed by atoms with Gasteiger partial charge in [0.05, 0.1) is 18.8 Å². The molecule has 0 spiro atoms. The van der Waals surface area contributed by atoms with E-state index in [-0.39, 0.29) is 11.9 Å². The van der Waals surface area contributed by atoms with Gasteiger partial charge < -0.3 is 14.2 Å². The van der Waals surface area contributed by atoms with Crippen LogP contribution in [-0.2, 0) is 0 Å². The Hall–Kier alpha value is -2.30. The van der Waals surface area contributed by atoms with Crippen LogP contribution in [0.15, 0.2) is 34.9 Å². The van der Waals surface area contributed by atoms with Gasteiger partial charge in [-0.15, -0.1) is 0 Å². The molecule has 1 saturated heterocycles. The van der Waals surface area contributed by atoms with E-state index in [9.17, 15) is 4.79 Å². The molecule has 110 valence electrons. The molecule has 1 aliphatic rings. The fourth-order valence-electron chi connectivity index (χ4n) is 2.75. The predicted molar refractivity (Wildman–Crippen MR) is 77.2 cm³/mol. The van der Waals surface area contributed by atoms with Crippen LogP contribution in [0.1, 0.15) is 40.7 Å². The van der Waals surface area contributed by atoms with E-state index in [4.69, 9.17) is 9.26 Å². The van der Waals surface area contributed by atoms with E-state index in [1.54, 1.807) is 31.4 Å². The van der Waals surface area contributed by atoms with Gasteiger partial charge in [-0.1, -0.05) is 5.16 Å². The highest BCUT2D eigenvalue weighted by Gasteiger charge is 2.33. The summed E-state index contributed by atoms with van der Waals surface area (Å²) in [4.78, 5) is 14.5. The maximum absolute atomic E-state index is 12.7. The lowest BCUT2D eigenvalue weighted by atomic mass is 10.1. The lowest BCUT2D eigenvalue weighted by Crippen LogP contribution is -2.30. The Morgan fingerprint density at radius 3 is 2.76 bits per heavy atom. The SMILES string of the molecule is COc1ccc(C(=O)N2CCCC2c2cc(C)no2)cc1. The van der Waals surface area contributed by atoms with Gasteiger partial charge in [0.15, 0.2) is 5.76 Å². The number of methoxy groups -OCH3 is 1. The van der Waals surface area contributed by atoms with E-state index >= 15 is 0 Å². The van der Waals surface area contributed by atoms with Gasteiger partial charge in [0, 0.05) is 18.2 Å². The molecule has 3 rings (SSSR count). The Labute approximate surface area is 123 Å². The van der Waals surface area contributed by atoms with Crippen molar-refractivity contribution >= 4 is 5.91 Å². The van der Waals surface area contributed by atoms with Gasteiger partial charge in [0.1, 0.15) is 5.75 Å². The average Bonchev–Trinajstić information content (AvgIpc) is 3.15. The first-order chi connectivity index (χ1) is 10.2. The van der Waals surface area contributed by atoms with Crippen molar-refractivity contribution in [2.45, 2.75) is 25.8 Å². The zero-order valence-electron chi connectivity index (χ0n) is 12.2. The number of amides is 1. The summed E-state index contributed by atoms with van der Waals surface area (Å²) < 4.78 is 10.5. The third-order valence-corrected chi connectivity index (χ3v) is 3.83. The molecule has 1 aromatic carbocycles. The van der Waals surface area contributed by atoms with Crippen LogP contribution in [0.25, 0.3) is 0 Å². The predicted octanol–water partition coefficient (Wildman–Crippen LogP) is 2.97. The molecular formula is C16H18N2O3. The van der Waals surface area contributed by atoms with E-state index in [2.05, 4.69) is 5.16 Å². The minimum absolute atomic E-state index is 0.0131. The molecule has 1 aliphatic heterocycles. The minimum atomic E-state index is -0.0131. The number of rotatable bonds is 3. The standard InChI is InChI=1S/C16H18N2O3/c1-11-10-15(21-17-11)14-4-3-9-18(14)16(19)12-5-7-13(20-2)8-6-12/h5-8,10,14H,3-4,9H2,1-2H3. The first-order valence-electron chi connectivity index (χ1n) is 7.07. The van der Waals surface area contributed by atoms with Crippen molar-refractivity contribution in [3.05, 3.63) is 47.3 Å². The van der Waals surface area contributed by atoms with E-state index in [1.807, 2.05) is 17.9 Å². The second kappa shape index (κ2) is 5.60. The van der Waals surface area contributed by atoms with Crippen molar-refractivity contribution in [1.82, 2.24) is 10.1 Å². The first kappa shape index (κ1) is 13.7. The molecule has 21 heavy (non-hydrogen) atoms. The maximum Gasteiger partial charge on any atom is 0.254 e. The van der Waals surface area contributed by atoms with Crippen LogP contribution in [0.5, 0.6) is 5.75 Å². The summed E-state index contributed by atoms with van der Waals surface area (Å²) in [6.07, 6.45) is 1.89. The number of hydrogen-bond acceptors (Lipinski definition) is 4. The van der Waals surface area contributed by atoms with Crippen LogP contribution < -0.4 is 4.74 Å². The molecule has 1 fully saturated rings. The molecule has 1 aromatic heterocycles. The zero-order valence-corrected chi connectivity index (χ0v) is 12.2. The van der Waals surface area contributed by atoms with Crippen molar-refractivity contribution in [2.75, 3.05) is 13.7 Å². The van der Waals surface area contributed by atoms with E-state index in [0.717, 1.165) is 36.6 Å². The normalized spacial score (nSPS) is 18.0. The number of nitrogens with zero attached hydrogens (tertiary/aromatic N) is 2. The van der Waals surface area contributed by atoms with Crippen LogP contribution in [0, 0.1) is 6.92 Å². The Balaban J connectivity index is 1.82. The lowest BCUT2D eigenvalue weighted by Gasteiger charge is -2.22. The lowest BCUT2D eigenvalue weighted by molar-refractivity contribution is 0.0714. The average molecular weight is 286 g/mol. The summed E-state index contributed by atoms with van der Waals surface area (Å²) in [6, 6.07) is 9.09. The highest BCUT2D eigenvalue weighted by molar-refractivity contribution is 5.94. The fraction of sp³-hybridized carbons (Fsp3) is 0.375. The van der Waals surface area contributed by atoms with Crippen molar-refractivity contribution in [2.24, 2.45) is 0 Å². The Morgan fingerprint density at radius 2 is 2.14 bits per heavy atom. The first-order valence-corrected chi connectivity index (χ1v) is 7.07. The summed E-state index contributed by atoms with van der Waals surface area (Å²) in [6.45, 7) is 2.63. The number of aryl methyl sites for hydroxylation is 1. The molecule has 2 aromatic rings. The number of likely N-dealkylation sites (tertiary alicyclic amines) is 1. The van der Waals surface area contributed by atoms with Crippen molar-refractivity contribution in [3.63, 3.8) is 0 Å². The second-order valence-electron chi connectivity index (χ2n) is 5.26. The quantitative estimate of drug-likeness (QED) is 0.870. The summed E-state index contributed by atoms with van der Waals surface area (Å²) in [5.74, 6) is 1.54. The van der Waals surface area contributed by atoms with E-state index in [0.29, 0.717) is 5.56 Å². The Bertz CT molecular complexity index is 633. The van der Waals surface area contributed by atoms with Crippen LogP contribution in [0.4, 0.5) is 0 Å². The summed E-state index contributed by atoms with van der Waals surface area (Å²) in [7, 11) is 1.61. The van der Waals surface area contributed by atoms with Gasteiger partial charge in [-0.05, 0) is 44.0 Å². The third kappa shape index (κ3) is 2.63. The van der Waals surface area contributed by atoms with Crippen LogP contribution in [0.3, 0.4) is 0 Å². The Kier molecular flexibility index (Phi) is 3.64. The third-order valence-electron chi connectivity index (χ3n) is 3.83. The molecule has 5 nitrogen and oxygen atoms in total. The molecule has 1 atom stereocenters. The van der Waals surface area contributed by atoms with Crippen LogP contribution >= 0.6 is 0 Å². The Morgan fingerprint density at radius 1 is 1.38 bits per heavy atom. The van der Waals surface area contributed by atoms with Gasteiger partial charge in [-0.2, -0.15) is 0 Å². The zero-order chi connectivity index (χ0) is 14.8. The fourth-order valence-corrected chi connectivity index (χ4v) is 2.75. The highest BCUT2D eigenvalue weighted by atomic mass is 16.5. The molecule has 2 heterocycles. The highest BCUT2D eigenvalue weighted by Crippen LogP contribution is 2.33. The minimum Gasteiger partial charge on any atom is -0.497 e.